The summed E-state index contributed by atoms with van der Waals surface area (Å²) < 4.78 is 40.8. The third-order valence-electron chi connectivity index (χ3n) is 3.44. The van der Waals surface area contributed by atoms with E-state index < -0.39 is 12.8 Å². The summed E-state index contributed by atoms with van der Waals surface area (Å²) >= 11 is 0. The monoisotopic (exact) mass is 366 g/mol. The van der Waals surface area contributed by atoms with Gasteiger partial charge in [0.25, 0.3) is 0 Å². The Bertz CT molecular complexity index is 743. The number of hydrogen-bond donors (Lipinski definition) is 2. The van der Waals surface area contributed by atoms with Crippen LogP contribution in [0.3, 0.4) is 0 Å². The molecule has 0 atom stereocenters. The molecule has 0 amide bonds. The Hall–Kier alpha value is -2.77. The van der Waals surface area contributed by atoms with Gasteiger partial charge < -0.3 is 15.8 Å². The molecule has 1 aromatic carbocycles. The minimum absolute atomic E-state index is 0.0911. The van der Waals surface area contributed by atoms with E-state index in [4.69, 9.17) is 5.73 Å². The predicted molar refractivity (Wildman–Crippen MR) is 95.3 cm³/mol. The maximum atomic E-state index is 12.1. The lowest BCUT2D eigenvalue weighted by Crippen LogP contribution is -2.22. The lowest BCUT2D eigenvalue weighted by Gasteiger charge is -2.10. The van der Waals surface area contributed by atoms with Gasteiger partial charge in [-0.05, 0) is 29.2 Å². The minimum atomic E-state index is -4.39. The largest absolute Gasteiger partial charge is 0.468 e. The second-order valence-electron chi connectivity index (χ2n) is 6.02. The number of aliphatic imine (C=N–C) groups is 1. The van der Waals surface area contributed by atoms with E-state index in [1.165, 1.54) is 17.8 Å². The van der Waals surface area contributed by atoms with Crippen molar-refractivity contribution in [1.29, 1.82) is 0 Å². The number of alkyl halides is 3. The first-order valence-corrected chi connectivity index (χ1v) is 8.04. The number of pyridine rings is 1. The molecule has 5 nitrogen and oxygen atoms in total. The summed E-state index contributed by atoms with van der Waals surface area (Å²) in [7, 11) is 0. The topological polar surface area (TPSA) is 72.5 Å². The molecule has 1 heterocycles. The maximum Gasteiger partial charge on any atom is 0.422 e. The van der Waals surface area contributed by atoms with Gasteiger partial charge in [-0.25, -0.2) is 9.98 Å². The van der Waals surface area contributed by atoms with Crippen molar-refractivity contribution in [2.75, 3.05) is 11.9 Å². The fourth-order valence-electron chi connectivity index (χ4n) is 2.09. The number of rotatable bonds is 6. The van der Waals surface area contributed by atoms with Crippen LogP contribution in [-0.2, 0) is 6.54 Å². The molecule has 3 N–H and O–H groups in total. The van der Waals surface area contributed by atoms with Crippen molar-refractivity contribution < 1.29 is 17.9 Å². The number of nitrogens with zero attached hydrogens (tertiary/aromatic N) is 2. The summed E-state index contributed by atoms with van der Waals surface area (Å²) in [6.07, 6.45) is -2.99. The third-order valence-corrected chi connectivity index (χ3v) is 3.44. The summed E-state index contributed by atoms with van der Waals surface area (Å²) in [6.45, 7) is 3.08. The van der Waals surface area contributed by atoms with Crippen LogP contribution >= 0.6 is 0 Å². The molecule has 0 saturated heterocycles. The molecule has 0 spiro atoms. The quantitative estimate of drug-likeness (QED) is 0.597. The van der Waals surface area contributed by atoms with E-state index >= 15 is 0 Å². The number of ether oxygens (including phenoxy) is 1. The van der Waals surface area contributed by atoms with Crippen molar-refractivity contribution in [3.05, 3.63) is 53.7 Å². The minimum Gasteiger partial charge on any atom is -0.468 e. The van der Waals surface area contributed by atoms with Gasteiger partial charge in [-0.15, -0.1) is 0 Å². The molecular weight excluding hydrogens is 345 g/mol. The van der Waals surface area contributed by atoms with Gasteiger partial charge in [-0.3, -0.25) is 0 Å². The Kier molecular flexibility index (Phi) is 6.43. The third kappa shape index (κ3) is 6.62. The van der Waals surface area contributed by atoms with Gasteiger partial charge in [0, 0.05) is 18.0 Å². The second-order valence-corrected chi connectivity index (χ2v) is 6.02. The van der Waals surface area contributed by atoms with Crippen LogP contribution in [0.5, 0.6) is 5.88 Å². The Labute approximate surface area is 150 Å². The second kappa shape index (κ2) is 8.55. The number of anilines is 1. The van der Waals surface area contributed by atoms with Crippen molar-refractivity contribution in [3.8, 4) is 5.88 Å². The SMILES string of the molecule is CC(C)c1cccc(NC(N)=NCc2ccc(OCC(F)(F)F)nc2)c1. The highest BCUT2D eigenvalue weighted by Gasteiger charge is 2.28. The zero-order valence-corrected chi connectivity index (χ0v) is 14.5. The lowest BCUT2D eigenvalue weighted by molar-refractivity contribution is -0.154. The summed E-state index contributed by atoms with van der Waals surface area (Å²) in [5.41, 5.74) is 8.59. The Balaban J connectivity index is 1.91. The van der Waals surface area contributed by atoms with Gasteiger partial charge in [-0.1, -0.05) is 32.0 Å². The van der Waals surface area contributed by atoms with Crippen LogP contribution in [0.25, 0.3) is 0 Å². The summed E-state index contributed by atoms with van der Waals surface area (Å²) in [6, 6.07) is 10.8. The van der Waals surface area contributed by atoms with E-state index in [-0.39, 0.29) is 18.4 Å². The molecule has 2 rings (SSSR count). The van der Waals surface area contributed by atoms with Crippen molar-refractivity contribution >= 4 is 11.6 Å². The molecule has 0 saturated carbocycles. The zero-order chi connectivity index (χ0) is 19.2. The highest BCUT2D eigenvalue weighted by molar-refractivity contribution is 5.92. The Morgan fingerprint density at radius 1 is 1.27 bits per heavy atom. The van der Waals surface area contributed by atoms with Crippen LogP contribution in [0.4, 0.5) is 18.9 Å². The highest BCUT2D eigenvalue weighted by Crippen LogP contribution is 2.19. The number of nitrogens with one attached hydrogen (secondary N) is 1. The van der Waals surface area contributed by atoms with Crippen molar-refractivity contribution in [2.24, 2.45) is 10.7 Å². The van der Waals surface area contributed by atoms with E-state index in [2.05, 4.69) is 33.9 Å². The fraction of sp³-hybridized carbons (Fsp3) is 0.333. The van der Waals surface area contributed by atoms with Gasteiger partial charge in [0.15, 0.2) is 12.6 Å². The first-order valence-electron chi connectivity index (χ1n) is 8.04. The smallest absolute Gasteiger partial charge is 0.422 e. The van der Waals surface area contributed by atoms with Crippen molar-refractivity contribution in [1.82, 2.24) is 4.98 Å². The fourth-order valence-corrected chi connectivity index (χ4v) is 2.09. The molecule has 0 bridgehead atoms. The molecule has 0 fully saturated rings. The van der Waals surface area contributed by atoms with Gasteiger partial charge >= 0.3 is 6.18 Å². The predicted octanol–water partition coefficient (Wildman–Crippen LogP) is 4.07. The molecule has 26 heavy (non-hydrogen) atoms. The molecular formula is C18H21F3N4O. The van der Waals surface area contributed by atoms with Crippen LogP contribution in [0.1, 0.15) is 30.9 Å². The van der Waals surface area contributed by atoms with Crippen molar-refractivity contribution in [2.45, 2.75) is 32.5 Å². The molecule has 1 aromatic heterocycles. The molecule has 0 aliphatic carbocycles. The standard InChI is InChI=1S/C18H21F3N4O/c1-12(2)14-4-3-5-15(8-14)25-17(22)24-10-13-6-7-16(23-9-13)26-11-18(19,20)21/h3-9,12H,10-11H2,1-2H3,(H3,22,24,25). The molecule has 0 aliphatic rings. The van der Waals surface area contributed by atoms with Crippen LogP contribution < -0.4 is 15.8 Å². The molecule has 0 aliphatic heterocycles. The van der Waals surface area contributed by atoms with Crippen LogP contribution in [0, 0.1) is 0 Å². The van der Waals surface area contributed by atoms with Gasteiger partial charge in [0.2, 0.25) is 5.88 Å². The average molecular weight is 366 g/mol. The summed E-state index contributed by atoms with van der Waals surface area (Å²) in [5.74, 6) is 0.550. The summed E-state index contributed by atoms with van der Waals surface area (Å²) in [4.78, 5) is 8.02. The number of benzene rings is 1. The van der Waals surface area contributed by atoms with E-state index in [9.17, 15) is 13.2 Å². The lowest BCUT2D eigenvalue weighted by atomic mass is 10.0. The van der Waals surface area contributed by atoms with E-state index in [0.717, 1.165) is 5.69 Å². The van der Waals surface area contributed by atoms with E-state index in [1.54, 1.807) is 6.07 Å². The first kappa shape index (κ1) is 19.6. The average Bonchev–Trinajstić information content (AvgIpc) is 2.58. The zero-order valence-electron chi connectivity index (χ0n) is 14.5. The van der Waals surface area contributed by atoms with Gasteiger partial charge in [0.05, 0.1) is 6.54 Å². The van der Waals surface area contributed by atoms with Gasteiger partial charge in [-0.2, -0.15) is 13.2 Å². The molecule has 140 valence electrons. The first-order chi connectivity index (χ1) is 12.2. The number of hydrogen-bond acceptors (Lipinski definition) is 3. The van der Waals surface area contributed by atoms with E-state index in [0.29, 0.717) is 11.5 Å². The summed E-state index contributed by atoms with van der Waals surface area (Å²) in [5, 5.41) is 3.01. The molecule has 2 aromatic rings. The number of aromatic nitrogens is 1. The number of guanidine groups is 1. The normalized spacial score (nSPS) is 12.3. The Morgan fingerprint density at radius 2 is 2.04 bits per heavy atom. The molecule has 8 heteroatoms. The van der Waals surface area contributed by atoms with Crippen LogP contribution in [0.15, 0.2) is 47.6 Å². The maximum absolute atomic E-state index is 12.1. The molecule has 0 unspecified atom stereocenters. The van der Waals surface area contributed by atoms with Gasteiger partial charge in [0.1, 0.15) is 0 Å². The Morgan fingerprint density at radius 3 is 2.65 bits per heavy atom. The number of nitrogens with two attached hydrogens (primary N) is 1. The number of halogens is 3. The molecule has 0 radical (unpaired) electrons. The van der Waals surface area contributed by atoms with E-state index in [1.807, 2.05) is 24.3 Å². The highest BCUT2D eigenvalue weighted by atomic mass is 19.4. The van der Waals surface area contributed by atoms with Crippen molar-refractivity contribution in [3.63, 3.8) is 0 Å². The van der Waals surface area contributed by atoms with Crippen LogP contribution in [-0.4, -0.2) is 23.7 Å². The van der Waals surface area contributed by atoms with Crippen LogP contribution in [0.2, 0.25) is 0 Å².